The molecule has 1 aliphatic heterocycles. The van der Waals surface area contributed by atoms with Gasteiger partial charge in [-0.15, -0.1) is 0 Å². The van der Waals surface area contributed by atoms with Crippen molar-refractivity contribution in [3.63, 3.8) is 0 Å². The first kappa shape index (κ1) is 9.86. The van der Waals surface area contributed by atoms with Crippen molar-refractivity contribution in [1.29, 1.82) is 0 Å². The van der Waals surface area contributed by atoms with Crippen molar-refractivity contribution in [3.8, 4) is 0 Å². The second-order valence-electron chi connectivity index (χ2n) is 3.37. The number of piperidine rings is 1. The van der Waals surface area contributed by atoms with E-state index in [1.54, 1.807) is 0 Å². The zero-order chi connectivity index (χ0) is 9.14. The van der Waals surface area contributed by atoms with E-state index in [0.29, 0.717) is 0 Å². The number of primary amides is 1. The van der Waals surface area contributed by atoms with Crippen molar-refractivity contribution in [2.24, 2.45) is 11.7 Å². The second-order valence-corrected chi connectivity index (χ2v) is 4.12. The quantitative estimate of drug-likeness (QED) is 0.618. The van der Waals surface area contributed by atoms with Gasteiger partial charge in [-0.25, -0.2) is 0 Å². The number of carbonyl (C=O) groups excluding carboxylic acids is 1. The monoisotopic (exact) mass is 188 g/mol. The van der Waals surface area contributed by atoms with Gasteiger partial charge in [0, 0.05) is 11.9 Å². The topological polar surface area (TPSA) is 46.3 Å². The summed E-state index contributed by atoms with van der Waals surface area (Å²) in [5, 5.41) is 0.229. The molecule has 4 heteroatoms. The molecule has 2 N–H and O–H groups in total. The number of carbonyl (C=O) groups is 1. The van der Waals surface area contributed by atoms with Gasteiger partial charge in [-0.3, -0.25) is 9.69 Å². The van der Waals surface area contributed by atoms with Crippen molar-refractivity contribution in [3.05, 3.63) is 0 Å². The molecular weight excluding hydrogens is 172 g/mol. The Morgan fingerprint density at radius 1 is 1.75 bits per heavy atom. The average molecular weight is 188 g/mol. The summed E-state index contributed by atoms with van der Waals surface area (Å²) < 4.78 is 0. The summed E-state index contributed by atoms with van der Waals surface area (Å²) >= 11 is 4.32. The highest BCUT2D eigenvalue weighted by atomic mass is 32.1. The molecule has 0 radical (unpaired) electrons. The van der Waals surface area contributed by atoms with Gasteiger partial charge in [0.05, 0.1) is 5.92 Å². The lowest BCUT2D eigenvalue weighted by atomic mass is 9.98. The molecule has 12 heavy (non-hydrogen) atoms. The maximum atomic E-state index is 10.9. The number of likely N-dealkylation sites (tertiary alicyclic amines) is 1. The summed E-state index contributed by atoms with van der Waals surface area (Å²) in [7, 11) is 0. The van der Waals surface area contributed by atoms with Crippen LogP contribution in [0.3, 0.4) is 0 Å². The Kier molecular flexibility index (Phi) is 3.40. The third-order valence-electron chi connectivity index (χ3n) is 2.38. The molecule has 1 rings (SSSR count). The van der Waals surface area contributed by atoms with E-state index >= 15 is 0 Å². The number of hydrogen-bond donors (Lipinski definition) is 2. The number of rotatable bonds is 2. The van der Waals surface area contributed by atoms with Gasteiger partial charge in [0.15, 0.2) is 0 Å². The van der Waals surface area contributed by atoms with Gasteiger partial charge in [-0.1, -0.05) is 0 Å². The fourth-order valence-electron chi connectivity index (χ4n) is 1.58. The second kappa shape index (κ2) is 4.14. The normalized spacial score (nSPS) is 28.3. The fourth-order valence-corrected chi connectivity index (χ4v) is 1.79. The van der Waals surface area contributed by atoms with E-state index in [9.17, 15) is 4.79 Å². The lowest BCUT2D eigenvalue weighted by Gasteiger charge is -2.33. The van der Waals surface area contributed by atoms with Crippen LogP contribution in [0.1, 0.15) is 19.8 Å². The highest BCUT2D eigenvalue weighted by Gasteiger charge is 2.25. The SMILES string of the molecule is C[C@@H](S)N1CCCC(C(N)=O)C1. The van der Waals surface area contributed by atoms with Gasteiger partial charge in [-0.2, -0.15) is 12.6 Å². The standard InChI is InChI=1S/C8H16N2OS/c1-6(12)10-4-2-3-7(5-10)8(9)11/h6-7,12H,2-5H2,1H3,(H2,9,11)/t6-,7?/m1/s1. The molecule has 1 unspecified atom stereocenters. The van der Waals surface area contributed by atoms with E-state index < -0.39 is 0 Å². The summed E-state index contributed by atoms with van der Waals surface area (Å²) in [5.74, 6) is -0.137. The molecule has 1 aliphatic rings. The Morgan fingerprint density at radius 3 is 2.92 bits per heavy atom. The first-order valence-corrected chi connectivity index (χ1v) is 4.84. The minimum Gasteiger partial charge on any atom is -0.369 e. The van der Waals surface area contributed by atoms with E-state index in [-0.39, 0.29) is 17.2 Å². The maximum absolute atomic E-state index is 10.9. The van der Waals surface area contributed by atoms with Crippen LogP contribution in [0, 0.1) is 5.92 Å². The molecule has 0 aromatic carbocycles. The lowest BCUT2D eigenvalue weighted by molar-refractivity contribution is -0.123. The summed E-state index contributed by atoms with van der Waals surface area (Å²) in [5.41, 5.74) is 5.24. The Balaban J connectivity index is 2.46. The van der Waals surface area contributed by atoms with Gasteiger partial charge < -0.3 is 5.73 Å². The Bertz CT molecular complexity index is 172. The molecule has 1 saturated heterocycles. The fraction of sp³-hybridized carbons (Fsp3) is 0.875. The molecule has 1 heterocycles. The summed E-state index contributed by atoms with van der Waals surface area (Å²) in [6.07, 6.45) is 1.99. The molecule has 1 fully saturated rings. The van der Waals surface area contributed by atoms with Crippen LogP contribution in [0.15, 0.2) is 0 Å². The first-order valence-electron chi connectivity index (χ1n) is 4.32. The third-order valence-corrected chi connectivity index (χ3v) is 2.71. The predicted molar refractivity (Wildman–Crippen MR) is 51.9 cm³/mol. The first-order chi connectivity index (χ1) is 5.61. The van der Waals surface area contributed by atoms with Crippen LogP contribution < -0.4 is 5.73 Å². The molecule has 0 aromatic heterocycles. The van der Waals surface area contributed by atoms with Crippen molar-refractivity contribution in [1.82, 2.24) is 4.90 Å². The van der Waals surface area contributed by atoms with Crippen LogP contribution in [0.2, 0.25) is 0 Å². The smallest absolute Gasteiger partial charge is 0.221 e. The summed E-state index contributed by atoms with van der Waals surface area (Å²) in [6.45, 7) is 3.83. The number of nitrogens with two attached hydrogens (primary N) is 1. The van der Waals surface area contributed by atoms with Crippen molar-refractivity contribution >= 4 is 18.5 Å². The molecule has 0 saturated carbocycles. The molecule has 1 amide bonds. The Hall–Kier alpha value is -0.220. The minimum atomic E-state index is -0.173. The zero-order valence-corrected chi connectivity index (χ0v) is 8.26. The molecule has 70 valence electrons. The molecule has 0 bridgehead atoms. The Morgan fingerprint density at radius 2 is 2.42 bits per heavy atom. The number of thiol groups is 1. The molecule has 2 atom stereocenters. The summed E-state index contributed by atoms with van der Waals surface area (Å²) in [4.78, 5) is 13.1. The maximum Gasteiger partial charge on any atom is 0.221 e. The van der Waals surface area contributed by atoms with E-state index in [1.807, 2.05) is 6.92 Å². The lowest BCUT2D eigenvalue weighted by Crippen LogP contribution is -2.43. The van der Waals surface area contributed by atoms with E-state index in [0.717, 1.165) is 25.9 Å². The average Bonchev–Trinajstić information content (AvgIpc) is 2.04. The van der Waals surface area contributed by atoms with E-state index in [2.05, 4.69) is 17.5 Å². The van der Waals surface area contributed by atoms with Gasteiger partial charge in [0.25, 0.3) is 0 Å². The van der Waals surface area contributed by atoms with E-state index in [4.69, 9.17) is 5.73 Å². The van der Waals surface area contributed by atoms with Crippen molar-refractivity contribution in [2.45, 2.75) is 25.1 Å². The van der Waals surface area contributed by atoms with Crippen LogP contribution in [0.5, 0.6) is 0 Å². The van der Waals surface area contributed by atoms with Gasteiger partial charge in [0.2, 0.25) is 5.91 Å². The molecule has 0 spiro atoms. The summed E-state index contributed by atoms with van der Waals surface area (Å²) in [6, 6.07) is 0. The minimum absolute atomic E-state index is 0.0355. The molecule has 0 aliphatic carbocycles. The molecule has 3 nitrogen and oxygen atoms in total. The molecule has 0 aromatic rings. The van der Waals surface area contributed by atoms with Crippen LogP contribution in [0.4, 0.5) is 0 Å². The third kappa shape index (κ3) is 2.38. The number of hydrogen-bond acceptors (Lipinski definition) is 3. The van der Waals surface area contributed by atoms with Crippen molar-refractivity contribution in [2.75, 3.05) is 13.1 Å². The van der Waals surface area contributed by atoms with Crippen LogP contribution in [-0.4, -0.2) is 29.3 Å². The number of amides is 1. The van der Waals surface area contributed by atoms with Gasteiger partial charge in [-0.05, 0) is 26.3 Å². The highest BCUT2D eigenvalue weighted by Crippen LogP contribution is 2.18. The highest BCUT2D eigenvalue weighted by molar-refractivity contribution is 7.80. The largest absolute Gasteiger partial charge is 0.369 e. The Labute approximate surface area is 78.7 Å². The van der Waals surface area contributed by atoms with Crippen LogP contribution in [-0.2, 0) is 4.79 Å². The van der Waals surface area contributed by atoms with E-state index in [1.165, 1.54) is 0 Å². The van der Waals surface area contributed by atoms with Gasteiger partial charge >= 0.3 is 0 Å². The van der Waals surface area contributed by atoms with Crippen LogP contribution >= 0.6 is 12.6 Å². The van der Waals surface area contributed by atoms with Gasteiger partial charge in [0.1, 0.15) is 0 Å². The van der Waals surface area contributed by atoms with Crippen molar-refractivity contribution < 1.29 is 4.79 Å². The van der Waals surface area contributed by atoms with Crippen LogP contribution in [0.25, 0.3) is 0 Å². The predicted octanol–water partition coefficient (Wildman–Crippen LogP) is 0.459. The zero-order valence-electron chi connectivity index (χ0n) is 7.36. The number of nitrogens with zero attached hydrogens (tertiary/aromatic N) is 1. The molecular formula is C8H16N2OS.